The standard InChI is InChI=1S/C21H29N5O/c1-6-7-12-26(4)13-8-9-17-15-18(10-11-19(17)27-5)24-21-23-16(2)14-20(22-3)25-21/h10-11,14-15H,6-7,12-13H2,1-5H3,(H2,22,23,24,25). The Balaban J connectivity index is 2.16. The van der Waals surface area contributed by atoms with Gasteiger partial charge in [-0.25, -0.2) is 4.98 Å². The zero-order chi connectivity index (χ0) is 19.6. The smallest absolute Gasteiger partial charge is 0.229 e. The quantitative estimate of drug-likeness (QED) is 0.694. The summed E-state index contributed by atoms with van der Waals surface area (Å²) in [6.45, 7) is 5.92. The number of nitrogens with zero attached hydrogens (tertiary/aromatic N) is 3. The normalized spacial score (nSPS) is 10.3. The van der Waals surface area contributed by atoms with Gasteiger partial charge in [-0.2, -0.15) is 4.98 Å². The molecule has 6 heteroatoms. The number of hydrogen-bond donors (Lipinski definition) is 2. The Morgan fingerprint density at radius 2 is 2.04 bits per heavy atom. The predicted octanol–water partition coefficient (Wildman–Crippen LogP) is 3.66. The van der Waals surface area contributed by atoms with Crippen molar-refractivity contribution < 1.29 is 4.74 Å². The van der Waals surface area contributed by atoms with E-state index in [1.54, 1.807) is 7.11 Å². The summed E-state index contributed by atoms with van der Waals surface area (Å²) < 4.78 is 5.44. The molecule has 2 N–H and O–H groups in total. The molecule has 2 rings (SSSR count). The van der Waals surface area contributed by atoms with Crippen LogP contribution in [-0.2, 0) is 0 Å². The minimum Gasteiger partial charge on any atom is -0.495 e. The molecule has 0 atom stereocenters. The molecule has 0 fully saturated rings. The van der Waals surface area contributed by atoms with Crippen molar-refractivity contribution >= 4 is 17.5 Å². The van der Waals surface area contributed by atoms with Gasteiger partial charge in [0, 0.05) is 24.5 Å². The van der Waals surface area contributed by atoms with Crippen LogP contribution >= 0.6 is 0 Å². The lowest BCUT2D eigenvalue weighted by Gasteiger charge is -2.12. The monoisotopic (exact) mass is 367 g/mol. The van der Waals surface area contributed by atoms with E-state index >= 15 is 0 Å². The van der Waals surface area contributed by atoms with Gasteiger partial charge in [0.15, 0.2) is 0 Å². The molecule has 0 aliphatic carbocycles. The Morgan fingerprint density at radius 1 is 1.22 bits per heavy atom. The van der Waals surface area contributed by atoms with Crippen LogP contribution in [0.3, 0.4) is 0 Å². The first-order valence-electron chi connectivity index (χ1n) is 9.21. The molecule has 0 saturated heterocycles. The topological polar surface area (TPSA) is 62.3 Å². The second-order valence-corrected chi connectivity index (χ2v) is 6.40. The van der Waals surface area contributed by atoms with Crippen molar-refractivity contribution in [3.8, 4) is 17.6 Å². The molecule has 0 aliphatic heterocycles. The summed E-state index contributed by atoms with van der Waals surface area (Å²) in [6.07, 6.45) is 2.38. The molecular weight excluding hydrogens is 338 g/mol. The van der Waals surface area contributed by atoms with Gasteiger partial charge in [0.2, 0.25) is 5.95 Å². The lowest BCUT2D eigenvalue weighted by Crippen LogP contribution is -2.19. The number of aryl methyl sites for hydroxylation is 1. The van der Waals surface area contributed by atoms with Gasteiger partial charge in [-0.3, -0.25) is 4.90 Å². The van der Waals surface area contributed by atoms with Crippen LogP contribution in [0, 0.1) is 18.8 Å². The highest BCUT2D eigenvalue weighted by atomic mass is 16.5. The van der Waals surface area contributed by atoms with Gasteiger partial charge in [0.05, 0.1) is 19.2 Å². The van der Waals surface area contributed by atoms with E-state index in [-0.39, 0.29) is 0 Å². The van der Waals surface area contributed by atoms with Gasteiger partial charge in [0.1, 0.15) is 11.6 Å². The van der Waals surface area contributed by atoms with Crippen LogP contribution < -0.4 is 15.4 Å². The summed E-state index contributed by atoms with van der Waals surface area (Å²) in [5, 5.41) is 6.28. The summed E-state index contributed by atoms with van der Waals surface area (Å²) in [4.78, 5) is 11.1. The largest absolute Gasteiger partial charge is 0.495 e. The molecule has 6 nitrogen and oxygen atoms in total. The van der Waals surface area contributed by atoms with Gasteiger partial charge in [-0.1, -0.05) is 25.2 Å². The first-order chi connectivity index (χ1) is 13.0. The number of hydrogen-bond acceptors (Lipinski definition) is 6. The van der Waals surface area contributed by atoms with Crippen molar-refractivity contribution in [2.75, 3.05) is 44.9 Å². The molecule has 144 valence electrons. The molecule has 0 unspecified atom stereocenters. The third-order valence-electron chi connectivity index (χ3n) is 4.03. The zero-order valence-corrected chi connectivity index (χ0v) is 16.9. The van der Waals surface area contributed by atoms with Crippen molar-refractivity contribution in [2.45, 2.75) is 26.7 Å². The van der Waals surface area contributed by atoms with Crippen LogP contribution in [0.5, 0.6) is 5.75 Å². The maximum atomic E-state index is 5.44. The van der Waals surface area contributed by atoms with E-state index in [1.807, 2.05) is 38.2 Å². The highest BCUT2D eigenvalue weighted by molar-refractivity contribution is 5.62. The SMILES string of the molecule is CCCCN(C)CC#Cc1cc(Nc2nc(C)cc(NC)n2)ccc1OC. The van der Waals surface area contributed by atoms with E-state index in [0.717, 1.165) is 41.6 Å². The first kappa shape index (κ1) is 20.5. The summed E-state index contributed by atoms with van der Waals surface area (Å²) in [6, 6.07) is 7.69. The second-order valence-electron chi connectivity index (χ2n) is 6.40. The molecule has 0 radical (unpaired) electrons. The van der Waals surface area contributed by atoms with E-state index in [2.05, 4.69) is 51.3 Å². The average molecular weight is 367 g/mol. The van der Waals surface area contributed by atoms with Crippen molar-refractivity contribution in [3.05, 3.63) is 35.5 Å². The number of benzene rings is 1. The van der Waals surface area contributed by atoms with Crippen molar-refractivity contribution in [3.63, 3.8) is 0 Å². The number of anilines is 3. The lowest BCUT2D eigenvalue weighted by molar-refractivity contribution is 0.367. The fourth-order valence-corrected chi connectivity index (χ4v) is 2.54. The summed E-state index contributed by atoms with van der Waals surface area (Å²) >= 11 is 0. The van der Waals surface area contributed by atoms with Crippen molar-refractivity contribution in [2.24, 2.45) is 0 Å². The highest BCUT2D eigenvalue weighted by Crippen LogP contribution is 2.24. The Hall–Kier alpha value is -2.78. The van der Waals surface area contributed by atoms with Crippen LogP contribution in [0.2, 0.25) is 0 Å². The molecule has 1 heterocycles. The van der Waals surface area contributed by atoms with Gasteiger partial charge in [0.25, 0.3) is 0 Å². The fourth-order valence-electron chi connectivity index (χ4n) is 2.54. The van der Waals surface area contributed by atoms with Gasteiger partial charge < -0.3 is 15.4 Å². The number of aromatic nitrogens is 2. The molecule has 0 amide bonds. The fraction of sp³-hybridized carbons (Fsp3) is 0.429. The summed E-state index contributed by atoms with van der Waals surface area (Å²) in [7, 11) is 5.59. The van der Waals surface area contributed by atoms with E-state index in [0.29, 0.717) is 5.95 Å². The Morgan fingerprint density at radius 3 is 2.74 bits per heavy atom. The van der Waals surface area contributed by atoms with Gasteiger partial charge in [-0.05, 0) is 45.1 Å². The number of nitrogens with one attached hydrogen (secondary N) is 2. The van der Waals surface area contributed by atoms with Gasteiger partial charge in [-0.15, -0.1) is 0 Å². The maximum Gasteiger partial charge on any atom is 0.229 e. The maximum absolute atomic E-state index is 5.44. The van der Waals surface area contributed by atoms with E-state index in [4.69, 9.17) is 4.74 Å². The van der Waals surface area contributed by atoms with Crippen LogP contribution in [-0.4, -0.2) is 49.2 Å². The first-order valence-corrected chi connectivity index (χ1v) is 9.21. The number of ether oxygens (including phenoxy) is 1. The van der Waals surface area contributed by atoms with Crippen LogP contribution in [0.4, 0.5) is 17.5 Å². The van der Waals surface area contributed by atoms with Crippen LogP contribution in [0.1, 0.15) is 31.0 Å². The minimum atomic E-state index is 0.544. The lowest BCUT2D eigenvalue weighted by atomic mass is 10.1. The van der Waals surface area contributed by atoms with E-state index in [9.17, 15) is 0 Å². The van der Waals surface area contributed by atoms with E-state index in [1.165, 1.54) is 12.8 Å². The van der Waals surface area contributed by atoms with Crippen molar-refractivity contribution in [1.82, 2.24) is 14.9 Å². The van der Waals surface area contributed by atoms with Gasteiger partial charge >= 0.3 is 0 Å². The summed E-state index contributed by atoms with van der Waals surface area (Å²) in [5.41, 5.74) is 2.60. The Bertz CT molecular complexity index is 810. The third kappa shape index (κ3) is 6.46. The molecule has 0 aliphatic rings. The molecule has 27 heavy (non-hydrogen) atoms. The molecule has 0 saturated carbocycles. The minimum absolute atomic E-state index is 0.544. The van der Waals surface area contributed by atoms with E-state index < -0.39 is 0 Å². The highest BCUT2D eigenvalue weighted by Gasteiger charge is 2.06. The molecule has 0 spiro atoms. The predicted molar refractivity (Wildman–Crippen MR) is 112 cm³/mol. The average Bonchev–Trinajstić information content (AvgIpc) is 2.66. The number of methoxy groups -OCH3 is 1. The Labute approximate surface area is 162 Å². The molecule has 2 aromatic rings. The Kier molecular flexibility index (Phi) is 7.90. The molecule has 1 aromatic carbocycles. The number of rotatable bonds is 8. The zero-order valence-electron chi connectivity index (χ0n) is 16.9. The molecule has 0 bridgehead atoms. The van der Waals surface area contributed by atoms with Crippen LogP contribution in [0.15, 0.2) is 24.3 Å². The van der Waals surface area contributed by atoms with Crippen molar-refractivity contribution in [1.29, 1.82) is 0 Å². The third-order valence-corrected chi connectivity index (χ3v) is 4.03. The molecular formula is C21H29N5O. The molecule has 1 aromatic heterocycles. The number of unbranched alkanes of at least 4 members (excludes halogenated alkanes) is 1. The van der Waals surface area contributed by atoms with Crippen LogP contribution in [0.25, 0.3) is 0 Å². The second kappa shape index (κ2) is 10.4. The summed E-state index contributed by atoms with van der Waals surface area (Å²) in [5.74, 6) is 8.52.